The van der Waals surface area contributed by atoms with Crippen molar-refractivity contribution in [2.45, 2.75) is 45.4 Å². The first-order valence-corrected chi connectivity index (χ1v) is 6.59. The van der Waals surface area contributed by atoms with Gasteiger partial charge in [-0.2, -0.15) is 0 Å². The van der Waals surface area contributed by atoms with Crippen LogP contribution in [0.1, 0.15) is 38.8 Å². The fourth-order valence-corrected chi connectivity index (χ4v) is 2.16. The van der Waals surface area contributed by atoms with Crippen molar-refractivity contribution in [1.29, 1.82) is 0 Å². The predicted molar refractivity (Wildman–Crippen MR) is 75.1 cm³/mol. The molecule has 0 aromatic heterocycles. The molecular weight excluding hydrogens is 226 g/mol. The molecule has 0 aliphatic heterocycles. The number of rotatable bonds is 7. The molecule has 1 aromatic carbocycles. The molecule has 3 heteroatoms. The van der Waals surface area contributed by atoms with E-state index in [2.05, 4.69) is 24.4 Å². The maximum absolute atomic E-state index is 5.73. The third-order valence-electron chi connectivity index (χ3n) is 2.98. The summed E-state index contributed by atoms with van der Waals surface area (Å²) < 4.78 is 11.3. The molecule has 3 nitrogen and oxygen atoms in total. The Bertz CT molecular complexity index is 348. The van der Waals surface area contributed by atoms with Crippen LogP contribution in [-0.2, 0) is 4.74 Å². The highest BCUT2D eigenvalue weighted by Crippen LogP contribution is 2.24. The number of hydrogen-bond donors (Lipinski definition) is 1. The summed E-state index contributed by atoms with van der Waals surface area (Å²) in [7, 11) is 3.72. The zero-order valence-electron chi connectivity index (χ0n) is 12.1. The van der Waals surface area contributed by atoms with Crippen LogP contribution in [-0.4, -0.2) is 26.4 Å². The highest BCUT2D eigenvalue weighted by atomic mass is 16.5. The molecule has 0 aliphatic carbocycles. The molecule has 2 atom stereocenters. The van der Waals surface area contributed by atoms with Crippen LogP contribution in [0.4, 0.5) is 0 Å². The number of hydrogen-bond acceptors (Lipinski definition) is 3. The Morgan fingerprint density at radius 2 is 2.00 bits per heavy atom. The first kappa shape index (κ1) is 15.0. The minimum atomic E-state index is 0.171. The minimum absolute atomic E-state index is 0.171. The monoisotopic (exact) mass is 251 g/mol. The van der Waals surface area contributed by atoms with Gasteiger partial charge in [0.05, 0.1) is 18.2 Å². The molecular formula is C15H25NO2. The van der Waals surface area contributed by atoms with Gasteiger partial charge >= 0.3 is 0 Å². The van der Waals surface area contributed by atoms with Crippen LogP contribution in [0.5, 0.6) is 5.75 Å². The zero-order valence-corrected chi connectivity index (χ0v) is 12.1. The van der Waals surface area contributed by atoms with Crippen LogP contribution >= 0.6 is 0 Å². The van der Waals surface area contributed by atoms with E-state index in [0.717, 1.165) is 12.2 Å². The smallest absolute Gasteiger partial charge is 0.120 e. The van der Waals surface area contributed by atoms with Crippen LogP contribution in [0, 0.1) is 0 Å². The summed E-state index contributed by atoms with van der Waals surface area (Å²) in [5.74, 6) is 0.911. The van der Waals surface area contributed by atoms with E-state index >= 15 is 0 Å². The van der Waals surface area contributed by atoms with Crippen molar-refractivity contribution < 1.29 is 9.47 Å². The lowest BCUT2D eigenvalue weighted by atomic mass is 9.99. The SMILES string of the molecule is CCC(OC)C(NC)c1cccc(OC(C)C)c1. The second-order valence-corrected chi connectivity index (χ2v) is 4.69. The summed E-state index contributed by atoms with van der Waals surface area (Å²) in [4.78, 5) is 0. The minimum Gasteiger partial charge on any atom is -0.491 e. The van der Waals surface area contributed by atoms with E-state index in [1.807, 2.05) is 33.0 Å². The lowest BCUT2D eigenvalue weighted by molar-refractivity contribution is 0.0674. The quantitative estimate of drug-likeness (QED) is 0.807. The third-order valence-corrected chi connectivity index (χ3v) is 2.98. The third kappa shape index (κ3) is 4.00. The maximum atomic E-state index is 5.73. The van der Waals surface area contributed by atoms with Crippen molar-refractivity contribution in [1.82, 2.24) is 5.32 Å². The molecule has 0 saturated heterocycles. The van der Waals surface area contributed by atoms with E-state index in [4.69, 9.17) is 9.47 Å². The predicted octanol–water partition coefficient (Wildman–Crippen LogP) is 3.16. The van der Waals surface area contributed by atoms with Gasteiger partial charge in [-0.1, -0.05) is 19.1 Å². The molecule has 2 unspecified atom stereocenters. The normalized spacial score (nSPS) is 14.6. The summed E-state index contributed by atoms with van der Waals surface area (Å²) in [6.45, 7) is 6.20. The van der Waals surface area contributed by atoms with Crippen LogP contribution in [0.15, 0.2) is 24.3 Å². The molecule has 0 radical (unpaired) electrons. The van der Waals surface area contributed by atoms with Gasteiger partial charge in [0.1, 0.15) is 5.75 Å². The van der Waals surface area contributed by atoms with Crippen molar-refractivity contribution in [2.24, 2.45) is 0 Å². The summed E-state index contributed by atoms with van der Waals surface area (Å²) >= 11 is 0. The second-order valence-electron chi connectivity index (χ2n) is 4.69. The van der Waals surface area contributed by atoms with Gasteiger partial charge in [0, 0.05) is 7.11 Å². The van der Waals surface area contributed by atoms with E-state index < -0.39 is 0 Å². The van der Waals surface area contributed by atoms with Crippen molar-refractivity contribution in [3.63, 3.8) is 0 Å². The summed E-state index contributed by atoms with van der Waals surface area (Å²) in [6, 6.07) is 8.40. The first-order chi connectivity index (χ1) is 8.62. The topological polar surface area (TPSA) is 30.5 Å². The Kier molecular flexibility index (Phi) is 6.16. The Labute approximate surface area is 110 Å². The van der Waals surface area contributed by atoms with Crippen molar-refractivity contribution in [2.75, 3.05) is 14.2 Å². The molecule has 0 saturated carbocycles. The van der Waals surface area contributed by atoms with E-state index in [9.17, 15) is 0 Å². The maximum Gasteiger partial charge on any atom is 0.120 e. The van der Waals surface area contributed by atoms with E-state index in [1.54, 1.807) is 7.11 Å². The van der Waals surface area contributed by atoms with Crippen LogP contribution in [0.3, 0.4) is 0 Å². The van der Waals surface area contributed by atoms with E-state index in [-0.39, 0.29) is 18.2 Å². The highest BCUT2D eigenvalue weighted by molar-refractivity contribution is 5.31. The van der Waals surface area contributed by atoms with E-state index in [1.165, 1.54) is 5.56 Å². The average Bonchev–Trinajstić information content (AvgIpc) is 2.35. The molecule has 0 aliphatic rings. The summed E-state index contributed by atoms with van der Waals surface area (Å²) in [5.41, 5.74) is 1.20. The molecule has 1 N–H and O–H groups in total. The summed E-state index contributed by atoms with van der Waals surface area (Å²) in [5, 5.41) is 3.32. The fourth-order valence-electron chi connectivity index (χ4n) is 2.16. The molecule has 0 fully saturated rings. The number of methoxy groups -OCH3 is 1. The lowest BCUT2D eigenvalue weighted by Crippen LogP contribution is -2.30. The molecule has 18 heavy (non-hydrogen) atoms. The lowest BCUT2D eigenvalue weighted by Gasteiger charge is -2.25. The van der Waals surface area contributed by atoms with Crippen LogP contribution in [0.25, 0.3) is 0 Å². The molecule has 102 valence electrons. The van der Waals surface area contributed by atoms with Crippen molar-refractivity contribution in [3.8, 4) is 5.75 Å². The average molecular weight is 251 g/mol. The Morgan fingerprint density at radius 1 is 1.28 bits per heavy atom. The first-order valence-electron chi connectivity index (χ1n) is 6.59. The van der Waals surface area contributed by atoms with Gasteiger partial charge in [-0.15, -0.1) is 0 Å². The highest BCUT2D eigenvalue weighted by Gasteiger charge is 2.20. The molecule has 0 amide bonds. The molecule has 1 aromatic rings. The van der Waals surface area contributed by atoms with Gasteiger partial charge in [0.25, 0.3) is 0 Å². The van der Waals surface area contributed by atoms with Crippen LogP contribution in [0.2, 0.25) is 0 Å². The molecule has 1 rings (SSSR count). The summed E-state index contributed by atoms with van der Waals surface area (Å²) in [6.07, 6.45) is 1.33. The number of likely N-dealkylation sites (N-methyl/N-ethyl adjacent to an activating group) is 1. The largest absolute Gasteiger partial charge is 0.491 e. The standard InChI is InChI=1S/C15H25NO2/c1-6-14(17-5)15(16-4)12-8-7-9-13(10-12)18-11(2)3/h7-11,14-16H,6H2,1-5H3. The fraction of sp³-hybridized carbons (Fsp3) is 0.600. The van der Waals surface area contributed by atoms with Gasteiger partial charge in [-0.25, -0.2) is 0 Å². The van der Waals surface area contributed by atoms with E-state index in [0.29, 0.717) is 0 Å². The van der Waals surface area contributed by atoms with Gasteiger partial charge in [0.15, 0.2) is 0 Å². The van der Waals surface area contributed by atoms with Gasteiger partial charge in [-0.05, 0) is 45.0 Å². The van der Waals surface area contributed by atoms with Crippen LogP contribution < -0.4 is 10.1 Å². The number of ether oxygens (including phenoxy) is 2. The Hall–Kier alpha value is -1.06. The van der Waals surface area contributed by atoms with Gasteiger partial charge < -0.3 is 14.8 Å². The van der Waals surface area contributed by atoms with Crippen molar-refractivity contribution in [3.05, 3.63) is 29.8 Å². The second kappa shape index (κ2) is 7.39. The molecule has 0 bridgehead atoms. The van der Waals surface area contributed by atoms with Gasteiger partial charge in [0.2, 0.25) is 0 Å². The Balaban J connectivity index is 2.91. The Morgan fingerprint density at radius 3 is 2.50 bits per heavy atom. The number of nitrogens with one attached hydrogen (secondary N) is 1. The molecule has 0 heterocycles. The molecule has 0 spiro atoms. The zero-order chi connectivity index (χ0) is 13.5. The van der Waals surface area contributed by atoms with Crippen molar-refractivity contribution >= 4 is 0 Å². The number of benzene rings is 1. The van der Waals surface area contributed by atoms with Gasteiger partial charge in [-0.3, -0.25) is 0 Å².